The molecule has 0 saturated carbocycles. The van der Waals surface area contributed by atoms with Crippen molar-refractivity contribution in [2.75, 3.05) is 58.9 Å². The van der Waals surface area contributed by atoms with E-state index in [-0.39, 0.29) is 31.6 Å². The van der Waals surface area contributed by atoms with E-state index in [2.05, 4.69) is 0 Å². The molecule has 0 amide bonds. The molecule has 0 saturated heterocycles. The third kappa shape index (κ3) is 16.6. The lowest BCUT2D eigenvalue weighted by Crippen LogP contribution is -2.44. The van der Waals surface area contributed by atoms with Crippen molar-refractivity contribution in [1.82, 2.24) is 14.7 Å². The fourth-order valence-corrected chi connectivity index (χ4v) is 2.84. The van der Waals surface area contributed by atoms with Crippen molar-refractivity contribution in [3.8, 4) is 0 Å². The summed E-state index contributed by atoms with van der Waals surface area (Å²) in [4.78, 5) is 41.1. The molecule has 0 radical (unpaired) electrons. The second-order valence-electron chi connectivity index (χ2n) is 9.58. The maximum absolute atomic E-state index is 12.1. The van der Waals surface area contributed by atoms with Crippen LogP contribution in [0, 0.1) is 0 Å². The monoisotopic (exact) mass is 445 g/mol. The van der Waals surface area contributed by atoms with Gasteiger partial charge in [-0.15, -0.1) is 0 Å². The Hall–Kier alpha value is -1.71. The number of hydrogen-bond acceptors (Lipinski definition) is 8. The van der Waals surface area contributed by atoms with Crippen molar-refractivity contribution in [2.45, 2.75) is 66.6 Å². The molecule has 182 valence electrons. The first-order chi connectivity index (χ1) is 14.1. The first-order valence-corrected chi connectivity index (χ1v) is 11.0. The molecule has 0 aliphatic carbocycles. The van der Waals surface area contributed by atoms with Crippen LogP contribution in [0.2, 0.25) is 0 Å². The largest absolute Gasteiger partial charge is 0.480 e. The van der Waals surface area contributed by atoms with E-state index in [4.69, 9.17) is 9.47 Å². The number of hydrogen-bond donors (Lipinski definition) is 1. The number of likely N-dealkylation sites (N-methyl/N-ethyl adjacent to an activating group) is 2. The topological polar surface area (TPSA) is 99.6 Å². The van der Waals surface area contributed by atoms with Crippen molar-refractivity contribution < 1.29 is 29.0 Å². The van der Waals surface area contributed by atoms with E-state index in [0.29, 0.717) is 39.3 Å². The molecule has 0 fully saturated rings. The highest BCUT2D eigenvalue weighted by Gasteiger charge is 2.21. The van der Waals surface area contributed by atoms with Crippen molar-refractivity contribution in [2.24, 2.45) is 0 Å². The van der Waals surface area contributed by atoms with E-state index in [9.17, 15) is 19.5 Å². The van der Waals surface area contributed by atoms with Gasteiger partial charge in [0, 0.05) is 26.2 Å². The molecule has 31 heavy (non-hydrogen) atoms. The van der Waals surface area contributed by atoms with Gasteiger partial charge < -0.3 is 14.6 Å². The summed E-state index contributed by atoms with van der Waals surface area (Å²) in [5, 5.41) is 9.26. The molecule has 0 unspecified atom stereocenters. The van der Waals surface area contributed by atoms with Crippen LogP contribution in [0.1, 0.15) is 55.4 Å². The molecular weight excluding hydrogens is 402 g/mol. The second kappa shape index (κ2) is 13.6. The Kier molecular flexibility index (Phi) is 12.9. The number of carbonyl (C=O) groups is 3. The molecule has 0 aromatic rings. The smallest absolute Gasteiger partial charge is 0.320 e. The number of ether oxygens (including phenoxy) is 2. The van der Waals surface area contributed by atoms with Gasteiger partial charge in [-0.05, 0) is 54.6 Å². The molecule has 1 N–H and O–H groups in total. The minimum Gasteiger partial charge on any atom is -0.480 e. The normalized spacial score (nSPS) is 12.5. The molecule has 0 aliphatic rings. The van der Waals surface area contributed by atoms with Gasteiger partial charge in [0.15, 0.2) is 0 Å². The summed E-state index contributed by atoms with van der Waals surface area (Å²) in [5.41, 5.74) is -1.08. The Morgan fingerprint density at radius 2 is 0.968 bits per heavy atom. The standard InChI is InChI=1S/C22H43N3O6/c1-9-23(16-19(28)30-21(3,4)5)11-13-25(15-18(26)27)14-12-24(10-2)17-20(29)31-22(6,7)8/h9-17H2,1-8H3,(H,26,27). The van der Waals surface area contributed by atoms with Gasteiger partial charge in [0.2, 0.25) is 0 Å². The molecule has 9 nitrogen and oxygen atoms in total. The highest BCUT2D eigenvalue weighted by Crippen LogP contribution is 2.08. The molecule has 0 bridgehead atoms. The van der Waals surface area contributed by atoms with E-state index in [1.54, 1.807) is 0 Å². The number of carbonyl (C=O) groups excluding carboxylic acids is 2. The van der Waals surface area contributed by atoms with Crippen LogP contribution in [0.5, 0.6) is 0 Å². The molecule has 0 spiro atoms. The molecule has 0 heterocycles. The molecule has 0 atom stereocenters. The fourth-order valence-electron chi connectivity index (χ4n) is 2.84. The Morgan fingerprint density at radius 3 is 1.23 bits per heavy atom. The SMILES string of the molecule is CCN(CCN(CCN(CC)CC(=O)OC(C)(C)C)CC(=O)O)CC(=O)OC(C)(C)C. The summed E-state index contributed by atoms with van der Waals surface area (Å²) in [6.45, 7) is 18.5. The zero-order valence-corrected chi connectivity index (χ0v) is 20.7. The van der Waals surface area contributed by atoms with E-state index in [1.165, 1.54) is 0 Å². The molecule has 0 aromatic heterocycles. The quantitative estimate of drug-likeness (QED) is 0.400. The summed E-state index contributed by atoms with van der Waals surface area (Å²) in [5.74, 6) is -1.51. The number of rotatable bonds is 14. The summed E-state index contributed by atoms with van der Waals surface area (Å²) in [6.07, 6.45) is 0. The minimum atomic E-state index is -0.912. The second-order valence-corrected chi connectivity index (χ2v) is 9.58. The van der Waals surface area contributed by atoms with Crippen LogP contribution in [0.3, 0.4) is 0 Å². The fraction of sp³-hybridized carbons (Fsp3) is 0.864. The Balaban J connectivity index is 4.74. The van der Waals surface area contributed by atoms with Gasteiger partial charge in [0.1, 0.15) is 11.2 Å². The maximum atomic E-state index is 12.1. The zero-order valence-electron chi connectivity index (χ0n) is 20.7. The lowest BCUT2D eigenvalue weighted by molar-refractivity contribution is -0.157. The van der Waals surface area contributed by atoms with Crippen molar-refractivity contribution in [1.29, 1.82) is 0 Å². The summed E-state index contributed by atoms with van der Waals surface area (Å²) in [6, 6.07) is 0. The Labute approximate surface area is 187 Å². The first-order valence-electron chi connectivity index (χ1n) is 11.0. The van der Waals surface area contributed by atoms with Crippen molar-refractivity contribution >= 4 is 17.9 Å². The predicted octanol–water partition coefficient (Wildman–Crippen LogP) is 1.70. The predicted molar refractivity (Wildman–Crippen MR) is 120 cm³/mol. The van der Waals surface area contributed by atoms with Gasteiger partial charge in [0.05, 0.1) is 19.6 Å². The van der Waals surface area contributed by atoms with Crippen LogP contribution in [-0.4, -0.2) is 108 Å². The van der Waals surface area contributed by atoms with Crippen LogP contribution in [-0.2, 0) is 23.9 Å². The van der Waals surface area contributed by atoms with E-state index >= 15 is 0 Å². The van der Waals surface area contributed by atoms with Crippen LogP contribution < -0.4 is 0 Å². The van der Waals surface area contributed by atoms with E-state index in [0.717, 1.165) is 0 Å². The molecule has 0 aliphatic heterocycles. The lowest BCUT2D eigenvalue weighted by atomic mass is 10.2. The van der Waals surface area contributed by atoms with Crippen molar-refractivity contribution in [3.05, 3.63) is 0 Å². The highest BCUT2D eigenvalue weighted by molar-refractivity contribution is 5.72. The number of nitrogens with zero attached hydrogens (tertiary/aromatic N) is 3. The first kappa shape index (κ1) is 29.3. The highest BCUT2D eigenvalue weighted by atomic mass is 16.6. The summed E-state index contributed by atoms with van der Waals surface area (Å²) < 4.78 is 10.7. The van der Waals surface area contributed by atoms with Gasteiger partial charge in [0.25, 0.3) is 0 Å². The minimum absolute atomic E-state index is 0.103. The third-order valence-electron chi connectivity index (χ3n) is 4.26. The number of esters is 2. The van der Waals surface area contributed by atoms with E-state index in [1.807, 2.05) is 70.1 Å². The molecule has 0 aromatic carbocycles. The van der Waals surface area contributed by atoms with E-state index < -0.39 is 17.2 Å². The van der Waals surface area contributed by atoms with Crippen molar-refractivity contribution in [3.63, 3.8) is 0 Å². The zero-order chi connectivity index (χ0) is 24.2. The Bertz CT molecular complexity index is 527. The van der Waals surface area contributed by atoms with Crippen LogP contribution in [0.15, 0.2) is 0 Å². The lowest BCUT2D eigenvalue weighted by Gasteiger charge is -2.29. The van der Waals surface area contributed by atoms with Crippen LogP contribution in [0.25, 0.3) is 0 Å². The van der Waals surface area contributed by atoms with Crippen LogP contribution >= 0.6 is 0 Å². The summed E-state index contributed by atoms with van der Waals surface area (Å²) >= 11 is 0. The van der Waals surface area contributed by atoms with Gasteiger partial charge in [-0.1, -0.05) is 13.8 Å². The Morgan fingerprint density at radius 1 is 0.645 bits per heavy atom. The molecular formula is C22H43N3O6. The summed E-state index contributed by atoms with van der Waals surface area (Å²) in [7, 11) is 0. The van der Waals surface area contributed by atoms with Gasteiger partial charge in [-0.25, -0.2) is 0 Å². The number of carboxylic acids is 1. The third-order valence-corrected chi connectivity index (χ3v) is 4.26. The van der Waals surface area contributed by atoms with Gasteiger partial charge in [-0.2, -0.15) is 0 Å². The average Bonchev–Trinajstić information content (AvgIpc) is 2.57. The van der Waals surface area contributed by atoms with Gasteiger partial charge >= 0.3 is 17.9 Å². The molecule has 0 rings (SSSR count). The maximum Gasteiger partial charge on any atom is 0.320 e. The van der Waals surface area contributed by atoms with Crippen LogP contribution in [0.4, 0.5) is 0 Å². The van der Waals surface area contributed by atoms with Gasteiger partial charge in [-0.3, -0.25) is 29.1 Å². The average molecular weight is 446 g/mol. The number of carboxylic acid groups (broad SMARTS) is 1. The molecule has 9 heteroatoms. The number of aliphatic carboxylic acids is 1.